The number of nitrogens with one attached hydrogen (secondary N) is 1. The van der Waals surface area contributed by atoms with Crippen molar-refractivity contribution >= 4 is 23.6 Å². The van der Waals surface area contributed by atoms with Crippen molar-refractivity contribution < 1.29 is 14.3 Å². The molecule has 6 heteroatoms. The van der Waals surface area contributed by atoms with Crippen molar-refractivity contribution in [1.29, 1.82) is 0 Å². The zero-order chi connectivity index (χ0) is 22.9. The van der Waals surface area contributed by atoms with E-state index >= 15 is 0 Å². The number of rotatable bonds is 10. The van der Waals surface area contributed by atoms with Gasteiger partial charge >= 0.3 is 0 Å². The zero-order valence-corrected chi connectivity index (χ0v) is 20.1. The van der Waals surface area contributed by atoms with Gasteiger partial charge in [-0.15, -0.1) is 11.8 Å². The first-order valence-electron chi connectivity index (χ1n) is 11.3. The molecular formula is C26H34N2O3S. The van der Waals surface area contributed by atoms with Gasteiger partial charge in [0, 0.05) is 18.3 Å². The average molecular weight is 455 g/mol. The zero-order valence-electron chi connectivity index (χ0n) is 19.3. The molecule has 1 aliphatic carbocycles. The maximum absolute atomic E-state index is 13.2. The van der Waals surface area contributed by atoms with Crippen LogP contribution in [-0.2, 0) is 21.9 Å². The molecule has 0 aromatic heterocycles. The lowest BCUT2D eigenvalue weighted by molar-refractivity contribution is -0.138. The lowest BCUT2D eigenvalue weighted by atomic mass is 10.1. The van der Waals surface area contributed by atoms with E-state index in [1.165, 1.54) is 5.56 Å². The van der Waals surface area contributed by atoms with Gasteiger partial charge in [-0.25, -0.2) is 0 Å². The van der Waals surface area contributed by atoms with Crippen LogP contribution in [0.15, 0.2) is 48.5 Å². The lowest BCUT2D eigenvalue weighted by Crippen LogP contribution is -2.50. The molecule has 2 aromatic carbocycles. The monoisotopic (exact) mass is 454 g/mol. The minimum Gasteiger partial charge on any atom is -0.497 e. The maximum atomic E-state index is 13.2. The third-order valence-corrected chi connectivity index (χ3v) is 6.98. The van der Waals surface area contributed by atoms with Crippen LogP contribution < -0.4 is 10.1 Å². The highest BCUT2D eigenvalue weighted by Crippen LogP contribution is 2.20. The minimum absolute atomic E-state index is 0.0156. The van der Waals surface area contributed by atoms with Crippen molar-refractivity contribution in [2.45, 2.75) is 63.9 Å². The Hall–Kier alpha value is -2.47. The molecule has 1 fully saturated rings. The van der Waals surface area contributed by atoms with E-state index in [0.29, 0.717) is 12.3 Å². The number of thioether (sulfide) groups is 1. The van der Waals surface area contributed by atoms with E-state index in [9.17, 15) is 9.59 Å². The number of carbonyl (C=O) groups is 2. The minimum atomic E-state index is -0.508. The Balaban J connectivity index is 1.63. The first-order chi connectivity index (χ1) is 15.5. The van der Waals surface area contributed by atoms with Crippen LogP contribution in [0.25, 0.3) is 0 Å². The topological polar surface area (TPSA) is 58.6 Å². The molecule has 1 atom stereocenters. The van der Waals surface area contributed by atoms with Crippen molar-refractivity contribution in [2.75, 3.05) is 12.9 Å². The summed E-state index contributed by atoms with van der Waals surface area (Å²) < 4.78 is 5.20. The number of benzene rings is 2. The summed E-state index contributed by atoms with van der Waals surface area (Å²) in [4.78, 5) is 27.8. The lowest BCUT2D eigenvalue weighted by Gasteiger charge is -2.29. The van der Waals surface area contributed by atoms with Crippen LogP contribution in [0.4, 0.5) is 0 Å². The first-order valence-corrected chi connectivity index (χ1v) is 12.5. The fraction of sp³-hybridized carbons (Fsp3) is 0.462. The molecule has 1 aliphatic rings. The Bertz CT molecular complexity index is 877. The third-order valence-electron chi connectivity index (χ3n) is 6.00. The van der Waals surface area contributed by atoms with Crippen LogP contribution in [0.3, 0.4) is 0 Å². The molecule has 0 bridgehead atoms. The normalized spacial score (nSPS) is 14.7. The predicted octanol–water partition coefficient (Wildman–Crippen LogP) is 4.71. The van der Waals surface area contributed by atoms with E-state index in [0.717, 1.165) is 48.3 Å². The van der Waals surface area contributed by atoms with Gasteiger partial charge in [-0.05, 0) is 49.9 Å². The number of nitrogens with zero attached hydrogens (tertiary/aromatic N) is 1. The Labute approximate surface area is 195 Å². The Morgan fingerprint density at radius 1 is 1.06 bits per heavy atom. The number of amides is 2. The second kappa shape index (κ2) is 12.0. The van der Waals surface area contributed by atoms with Gasteiger partial charge in [-0.1, -0.05) is 54.8 Å². The molecular weight excluding hydrogens is 420 g/mol. The molecule has 1 saturated carbocycles. The fourth-order valence-corrected chi connectivity index (χ4v) is 4.80. The smallest absolute Gasteiger partial charge is 0.242 e. The Morgan fingerprint density at radius 3 is 2.31 bits per heavy atom. The SMILES string of the molecule is COc1ccc(CSCC(=O)N(Cc2ccc(C)cc2)C(C)C(=O)NC2CCCC2)cc1. The molecule has 0 radical (unpaired) electrons. The van der Waals surface area contributed by atoms with Gasteiger partial charge in [0.1, 0.15) is 11.8 Å². The second-order valence-electron chi connectivity index (χ2n) is 8.51. The molecule has 32 heavy (non-hydrogen) atoms. The van der Waals surface area contributed by atoms with Crippen LogP contribution in [-0.4, -0.2) is 41.7 Å². The van der Waals surface area contributed by atoms with Gasteiger partial charge in [0.15, 0.2) is 0 Å². The first kappa shape index (κ1) is 24.2. The van der Waals surface area contributed by atoms with Crippen molar-refractivity contribution in [2.24, 2.45) is 0 Å². The van der Waals surface area contributed by atoms with Gasteiger partial charge in [-0.3, -0.25) is 9.59 Å². The van der Waals surface area contributed by atoms with E-state index in [2.05, 4.69) is 5.32 Å². The fourth-order valence-electron chi connectivity index (χ4n) is 3.93. The molecule has 0 aliphatic heterocycles. The highest BCUT2D eigenvalue weighted by molar-refractivity contribution is 7.99. The summed E-state index contributed by atoms with van der Waals surface area (Å²) in [6.07, 6.45) is 4.38. The number of ether oxygens (including phenoxy) is 1. The van der Waals surface area contributed by atoms with Crippen molar-refractivity contribution in [1.82, 2.24) is 10.2 Å². The molecule has 1 unspecified atom stereocenters. The van der Waals surface area contributed by atoms with Gasteiger partial charge in [0.2, 0.25) is 11.8 Å². The summed E-state index contributed by atoms with van der Waals surface area (Å²) >= 11 is 1.57. The largest absolute Gasteiger partial charge is 0.497 e. The average Bonchev–Trinajstić information content (AvgIpc) is 3.31. The number of methoxy groups -OCH3 is 1. The van der Waals surface area contributed by atoms with E-state index in [-0.39, 0.29) is 17.9 Å². The summed E-state index contributed by atoms with van der Waals surface area (Å²) in [6.45, 7) is 4.31. The highest BCUT2D eigenvalue weighted by atomic mass is 32.2. The van der Waals surface area contributed by atoms with Crippen LogP contribution in [0.5, 0.6) is 5.75 Å². The van der Waals surface area contributed by atoms with E-state index < -0.39 is 6.04 Å². The number of carbonyl (C=O) groups excluding carboxylic acids is 2. The van der Waals surface area contributed by atoms with Crippen LogP contribution in [0.2, 0.25) is 0 Å². The number of hydrogen-bond donors (Lipinski definition) is 1. The molecule has 1 N–H and O–H groups in total. The van der Waals surface area contributed by atoms with Crippen LogP contribution >= 0.6 is 11.8 Å². The summed E-state index contributed by atoms with van der Waals surface area (Å²) in [6, 6.07) is 15.8. The van der Waals surface area contributed by atoms with E-state index in [1.807, 2.05) is 62.4 Å². The van der Waals surface area contributed by atoms with Crippen molar-refractivity contribution in [3.05, 3.63) is 65.2 Å². The van der Waals surface area contributed by atoms with Crippen LogP contribution in [0, 0.1) is 6.92 Å². The Kier molecular flexibility index (Phi) is 9.03. The third kappa shape index (κ3) is 7.02. The van der Waals surface area contributed by atoms with E-state index in [4.69, 9.17) is 4.74 Å². The van der Waals surface area contributed by atoms with Gasteiger partial charge in [0.05, 0.1) is 12.9 Å². The molecule has 172 valence electrons. The maximum Gasteiger partial charge on any atom is 0.242 e. The van der Waals surface area contributed by atoms with Crippen molar-refractivity contribution in [3.63, 3.8) is 0 Å². The van der Waals surface area contributed by atoms with Crippen LogP contribution in [0.1, 0.15) is 49.3 Å². The van der Waals surface area contributed by atoms with Gasteiger partial charge in [-0.2, -0.15) is 0 Å². The molecule has 3 rings (SSSR count). The number of hydrogen-bond acceptors (Lipinski definition) is 4. The van der Waals surface area contributed by atoms with E-state index in [1.54, 1.807) is 23.8 Å². The van der Waals surface area contributed by atoms with Gasteiger partial charge < -0.3 is 15.0 Å². The summed E-state index contributed by atoms with van der Waals surface area (Å²) in [7, 11) is 1.65. The molecule has 0 saturated heterocycles. The molecule has 2 aromatic rings. The second-order valence-corrected chi connectivity index (χ2v) is 9.50. The molecule has 0 spiro atoms. The summed E-state index contributed by atoms with van der Waals surface area (Å²) in [5.74, 6) is 1.81. The standard InChI is InChI=1S/C26H34N2O3S/c1-19-8-10-21(11-9-19)16-28(20(2)26(30)27-23-6-4-5-7-23)25(29)18-32-17-22-12-14-24(31-3)15-13-22/h8-15,20,23H,4-7,16-18H2,1-3H3,(H,27,30). The highest BCUT2D eigenvalue weighted by Gasteiger charge is 2.28. The Morgan fingerprint density at radius 2 is 1.69 bits per heavy atom. The van der Waals surface area contributed by atoms with Crippen molar-refractivity contribution in [3.8, 4) is 5.75 Å². The summed E-state index contributed by atoms with van der Waals surface area (Å²) in [5, 5.41) is 3.15. The molecule has 0 heterocycles. The molecule has 5 nitrogen and oxygen atoms in total. The quantitative estimate of drug-likeness (QED) is 0.565. The van der Waals surface area contributed by atoms with Gasteiger partial charge in [0.25, 0.3) is 0 Å². The predicted molar refractivity (Wildman–Crippen MR) is 131 cm³/mol. The number of aryl methyl sites for hydroxylation is 1. The molecule has 2 amide bonds. The summed E-state index contributed by atoms with van der Waals surface area (Å²) in [5.41, 5.74) is 3.35.